The molecule has 0 aromatic rings. The van der Waals surface area contributed by atoms with Gasteiger partial charge >= 0.3 is 0 Å². The zero-order valence-corrected chi connectivity index (χ0v) is 9.81. The second kappa shape index (κ2) is 4.22. The molecule has 0 heterocycles. The van der Waals surface area contributed by atoms with E-state index in [0.29, 0.717) is 0 Å². The van der Waals surface area contributed by atoms with E-state index in [1.807, 2.05) is 0 Å². The van der Waals surface area contributed by atoms with E-state index in [-0.39, 0.29) is 0 Å². The van der Waals surface area contributed by atoms with E-state index < -0.39 is 0 Å². The van der Waals surface area contributed by atoms with Crippen LogP contribution in [-0.2, 0) is 0 Å². The Hall–Kier alpha value is -0.0400. The minimum Gasteiger partial charge on any atom is -0.316 e. The highest BCUT2D eigenvalue weighted by Crippen LogP contribution is 2.53. The molecule has 0 radical (unpaired) electrons. The number of hydrogen-bond acceptors (Lipinski definition) is 1. The monoisotopic (exact) mass is 195 g/mol. The van der Waals surface area contributed by atoms with Gasteiger partial charge in [-0.3, -0.25) is 0 Å². The summed E-state index contributed by atoms with van der Waals surface area (Å²) in [4.78, 5) is 0. The highest BCUT2D eigenvalue weighted by Gasteiger charge is 2.45. The fraction of sp³-hybridized carbons (Fsp3) is 1.00. The first kappa shape index (κ1) is 10.5. The van der Waals surface area contributed by atoms with Crippen LogP contribution in [0.3, 0.4) is 0 Å². The molecule has 82 valence electrons. The zero-order chi connectivity index (χ0) is 10.0. The Morgan fingerprint density at radius 1 is 1.21 bits per heavy atom. The molecule has 1 N–H and O–H groups in total. The minimum absolute atomic E-state index is 0.743. The number of rotatable bonds is 5. The number of nitrogens with one attached hydrogen (secondary N) is 1. The Kier molecular flexibility index (Phi) is 3.16. The van der Waals surface area contributed by atoms with Crippen LogP contribution in [0.2, 0.25) is 0 Å². The molecule has 0 saturated heterocycles. The van der Waals surface area contributed by atoms with E-state index in [2.05, 4.69) is 19.2 Å². The summed E-state index contributed by atoms with van der Waals surface area (Å²) in [6, 6.07) is 0. The lowest BCUT2D eigenvalue weighted by molar-refractivity contribution is 0.00256. The first-order valence-electron chi connectivity index (χ1n) is 6.44. The molecule has 0 amide bonds. The van der Waals surface area contributed by atoms with Crippen molar-refractivity contribution in [2.24, 2.45) is 17.3 Å². The van der Waals surface area contributed by atoms with Crippen LogP contribution in [-0.4, -0.2) is 13.1 Å². The molecule has 1 heteroatoms. The molecule has 0 aromatic heterocycles. The molecule has 2 fully saturated rings. The van der Waals surface area contributed by atoms with Gasteiger partial charge in [0.15, 0.2) is 0 Å². The quantitative estimate of drug-likeness (QED) is 0.710. The van der Waals surface area contributed by atoms with Crippen LogP contribution < -0.4 is 5.32 Å². The van der Waals surface area contributed by atoms with Gasteiger partial charge in [0.25, 0.3) is 0 Å². The summed E-state index contributed by atoms with van der Waals surface area (Å²) in [5.41, 5.74) is 0.743. The Morgan fingerprint density at radius 2 is 1.93 bits per heavy atom. The van der Waals surface area contributed by atoms with Gasteiger partial charge < -0.3 is 5.32 Å². The third-order valence-electron chi connectivity index (χ3n) is 4.35. The van der Waals surface area contributed by atoms with Crippen LogP contribution in [0.1, 0.15) is 52.4 Å². The van der Waals surface area contributed by atoms with Crippen molar-refractivity contribution in [3.63, 3.8) is 0 Å². The first-order chi connectivity index (χ1) is 6.73. The van der Waals surface area contributed by atoms with Crippen molar-refractivity contribution in [3.8, 4) is 0 Å². The summed E-state index contributed by atoms with van der Waals surface area (Å²) in [7, 11) is 0. The van der Waals surface area contributed by atoms with Crippen molar-refractivity contribution < 1.29 is 0 Å². The summed E-state index contributed by atoms with van der Waals surface area (Å²) >= 11 is 0. The Balaban J connectivity index is 1.74. The fourth-order valence-electron chi connectivity index (χ4n) is 2.99. The van der Waals surface area contributed by atoms with Gasteiger partial charge in [-0.05, 0) is 49.5 Å². The van der Waals surface area contributed by atoms with Crippen molar-refractivity contribution in [3.05, 3.63) is 0 Å². The van der Waals surface area contributed by atoms with E-state index >= 15 is 0 Å². The SMILES string of the molecule is CC(C)CNCC1(C2CCC2)CCC1. The van der Waals surface area contributed by atoms with Crippen LogP contribution in [0.15, 0.2) is 0 Å². The predicted molar refractivity (Wildman–Crippen MR) is 61.3 cm³/mol. The highest BCUT2D eigenvalue weighted by atomic mass is 14.9. The second-order valence-corrected chi connectivity index (χ2v) is 5.87. The molecule has 0 unspecified atom stereocenters. The van der Waals surface area contributed by atoms with Crippen LogP contribution in [0.5, 0.6) is 0 Å². The first-order valence-corrected chi connectivity index (χ1v) is 6.44. The van der Waals surface area contributed by atoms with Crippen LogP contribution in [0.4, 0.5) is 0 Å². The van der Waals surface area contributed by atoms with Crippen LogP contribution in [0, 0.1) is 17.3 Å². The average molecular weight is 195 g/mol. The summed E-state index contributed by atoms with van der Waals surface area (Å²) in [6.45, 7) is 7.10. The molecule has 2 aliphatic rings. The van der Waals surface area contributed by atoms with Gasteiger partial charge in [-0.15, -0.1) is 0 Å². The Morgan fingerprint density at radius 3 is 2.29 bits per heavy atom. The molecule has 0 aliphatic heterocycles. The van der Waals surface area contributed by atoms with Crippen LogP contribution >= 0.6 is 0 Å². The normalized spacial score (nSPS) is 25.9. The molecule has 0 bridgehead atoms. The van der Waals surface area contributed by atoms with Crippen molar-refractivity contribution in [2.45, 2.75) is 52.4 Å². The van der Waals surface area contributed by atoms with Gasteiger partial charge in [0.2, 0.25) is 0 Å². The maximum atomic E-state index is 3.68. The fourth-order valence-corrected chi connectivity index (χ4v) is 2.99. The molecule has 2 rings (SSSR count). The van der Waals surface area contributed by atoms with Gasteiger partial charge in [0.05, 0.1) is 0 Å². The standard InChI is InChI=1S/C13H25N/c1-11(2)9-14-10-13(7-4-8-13)12-5-3-6-12/h11-12,14H,3-10H2,1-2H3. The van der Waals surface area contributed by atoms with E-state index in [1.54, 1.807) is 0 Å². The second-order valence-electron chi connectivity index (χ2n) is 5.87. The molecule has 1 nitrogen and oxygen atoms in total. The molecule has 0 aromatic carbocycles. The van der Waals surface area contributed by atoms with E-state index in [4.69, 9.17) is 0 Å². The van der Waals surface area contributed by atoms with Crippen molar-refractivity contribution >= 4 is 0 Å². The number of hydrogen-bond donors (Lipinski definition) is 1. The topological polar surface area (TPSA) is 12.0 Å². The van der Waals surface area contributed by atoms with Gasteiger partial charge in [-0.25, -0.2) is 0 Å². The van der Waals surface area contributed by atoms with Gasteiger partial charge in [-0.2, -0.15) is 0 Å². The van der Waals surface area contributed by atoms with Gasteiger partial charge in [0.1, 0.15) is 0 Å². The summed E-state index contributed by atoms with van der Waals surface area (Å²) in [6.07, 6.45) is 9.02. The maximum Gasteiger partial charge on any atom is 0.00106 e. The van der Waals surface area contributed by atoms with Crippen LogP contribution in [0.25, 0.3) is 0 Å². The van der Waals surface area contributed by atoms with E-state index in [9.17, 15) is 0 Å². The molecule has 0 spiro atoms. The minimum atomic E-state index is 0.743. The molecule has 2 aliphatic carbocycles. The summed E-state index contributed by atoms with van der Waals surface area (Å²) in [5, 5.41) is 3.68. The van der Waals surface area contributed by atoms with Crippen molar-refractivity contribution in [1.82, 2.24) is 5.32 Å². The van der Waals surface area contributed by atoms with Crippen molar-refractivity contribution in [1.29, 1.82) is 0 Å². The van der Waals surface area contributed by atoms with Crippen molar-refractivity contribution in [2.75, 3.05) is 13.1 Å². The smallest absolute Gasteiger partial charge is 0.00106 e. The lowest BCUT2D eigenvalue weighted by Gasteiger charge is -2.52. The summed E-state index contributed by atoms with van der Waals surface area (Å²) < 4.78 is 0. The Labute approximate surface area is 88.7 Å². The third-order valence-corrected chi connectivity index (χ3v) is 4.35. The van der Waals surface area contributed by atoms with E-state index in [1.165, 1.54) is 51.6 Å². The largest absolute Gasteiger partial charge is 0.316 e. The van der Waals surface area contributed by atoms with Gasteiger partial charge in [-0.1, -0.05) is 26.7 Å². The maximum absolute atomic E-state index is 3.68. The third kappa shape index (κ3) is 1.98. The molecular formula is C13H25N. The van der Waals surface area contributed by atoms with Gasteiger partial charge in [0, 0.05) is 6.54 Å². The predicted octanol–water partition coefficient (Wildman–Crippen LogP) is 3.20. The lowest BCUT2D eigenvalue weighted by atomic mass is 9.55. The molecular weight excluding hydrogens is 170 g/mol. The summed E-state index contributed by atoms with van der Waals surface area (Å²) in [5.74, 6) is 1.88. The molecule has 2 saturated carbocycles. The lowest BCUT2D eigenvalue weighted by Crippen LogP contribution is -2.48. The zero-order valence-electron chi connectivity index (χ0n) is 9.81. The average Bonchev–Trinajstić information content (AvgIpc) is 1.95. The highest BCUT2D eigenvalue weighted by molar-refractivity contribution is 4.97. The van der Waals surface area contributed by atoms with E-state index in [0.717, 1.165) is 17.3 Å². The molecule has 14 heavy (non-hydrogen) atoms. The Bertz CT molecular complexity index is 178. The molecule has 0 atom stereocenters.